The number of hydrogen-bond donors (Lipinski definition) is 1. The summed E-state index contributed by atoms with van der Waals surface area (Å²) >= 11 is 0. The molecule has 0 atom stereocenters. The summed E-state index contributed by atoms with van der Waals surface area (Å²) in [6.07, 6.45) is 0. The van der Waals surface area contributed by atoms with E-state index in [1.807, 2.05) is 0 Å². The number of nitrogens with zero attached hydrogens (tertiary/aromatic N) is 1. The number of carbonyl (C=O) groups is 2. The lowest BCUT2D eigenvalue weighted by Gasteiger charge is -2.31. The fourth-order valence-electron chi connectivity index (χ4n) is 1.50. The van der Waals surface area contributed by atoms with Crippen LogP contribution in [0.2, 0.25) is 0 Å². The van der Waals surface area contributed by atoms with Crippen LogP contribution in [0, 0.1) is 0 Å². The molecule has 19 heavy (non-hydrogen) atoms. The Kier molecular flexibility index (Phi) is 4.67. The smallest absolute Gasteiger partial charge is 0.329 e. The van der Waals surface area contributed by atoms with Gasteiger partial charge < -0.3 is 14.7 Å². The first-order valence-electron chi connectivity index (χ1n) is 5.90. The van der Waals surface area contributed by atoms with Gasteiger partial charge in [0.15, 0.2) is 0 Å². The number of carboxylic acids is 1. The van der Waals surface area contributed by atoms with Crippen molar-refractivity contribution in [2.45, 2.75) is 26.0 Å². The fourth-order valence-corrected chi connectivity index (χ4v) is 1.50. The number of likely N-dealkylation sites (N-methyl/N-ethyl adjacent to an activating group) is 1. The molecule has 1 N–H and O–H groups in total. The second kappa shape index (κ2) is 5.84. The molecular formula is C14H19NO4. The summed E-state index contributed by atoms with van der Waals surface area (Å²) in [5.41, 5.74) is 0.165. The Morgan fingerprint density at radius 1 is 1.26 bits per heavy atom. The van der Waals surface area contributed by atoms with Gasteiger partial charge >= 0.3 is 5.97 Å². The molecule has 104 valence electrons. The first-order chi connectivity index (χ1) is 8.80. The van der Waals surface area contributed by atoms with Crippen LogP contribution >= 0.6 is 0 Å². The third-order valence-electron chi connectivity index (χ3n) is 3.18. The molecule has 0 unspecified atom stereocenters. The molecule has 1 rings (SSSR count). The third kappa shape index (κ3) is 3.32. The van der Waals surface area contributed by atoms with Crippen molar-refractivity contribution in [2.75, 3.05) is 14.2 Å². The molecule has 5 nitrogen and oxygen atoms in total. The van der Waals surface area contributed by atoms with Crippen LogP contribution in [0.1, 0.15) is 29.8 Å². The van der Waals surface area contributed by atoms with Gasteiger partial charge in [-0.05, 0) is 31.5 Å². The van der Waals surface area contributed by atoms with Crippen molar-refractivity contribution in [3.63, 3.8) is 0 Å². The molecule has 0 spiro atoms. The van der Waals surface area contributed by atoms with Crippen LogP contribution in [0.4, 0.5) is 0 Å². The molecule has 0 radical (unpaired) electrons. The van der Waals surface area contributed by atoms with Gasteiger partial charge in [-0.15, -0.1) is 0 Å². The SMILES string of the molecule is COCc1ccc(C(=O)N(C)C(C)(C)C(=O)O)cc1. The molecule has 0 bridgehead atoms. The maximum Gasteiger partial charge on any atom is 0.329 e. The zero-order chi connectivity index (χ0) is 14.6. The minimum atomic E-state index is -1.25. The van der Waals surface area contributed by atoms with Gasteiger partial charge in [0.25, 0.3) is 5.91 Å². The van der Waals surface area contributed by atoms with Crippen molar-refractivity contribution in [1.82, 2.24) is 4.90 Å². The van der Waals surface area contributed by atoms with E-state index < -0.39 is 11.5 Å². The molecule has 1 amide bonds. The Labute approximate surface area is 112 Å². The van der Waals surface area contributed by atoms with Crippen molar-refractivity contribution in [1.29, 1.82) is 0 Å². The van der Waals surface area contributed by atoms with Gasteiger partial charge in [-0.1, -0.05) is 12.1 Å². The van der Waals surface area contributed by atoms with E-state index in [4.69, 9.17) is 9.84 Å². The quantitative estimate of drug-likeness (QED) is 0.881. The van der Waals surface area contributed by atoms with Gasteiger partial charge in [0, 0.05) is 19.7 Å². The van der Waals surface area contributed by atoms with E-state index in [1.165, 1.54) is 25.8 Å². The Morgan fingerprint density at radius 3 is 2.21 bits per heavy atom. The molecule has 1 aromatic rings. The first kappa shape index (κ1) is 15.2. The van der Waals surface area contributed by atoms with Gasteiger partial charge in [-0.2, -0.15) is 0 Å². The average molecular weight is 265 g/mol. The molecule has 0 aliphatic heterocycles. The van der Waals surface area contributed by atoms with Crippen LogP contribution in [-0.2, 0) is 16.1 Å². The fraction of sp³-hybridized carbons (Fsp3) is 0.429. The highest BCUT2D eigenvalue weighted by Gasteiger charge is 2.35. The van der Waals surface area contributed by atoms with E-state index in [0.29, 0.717) is 12.2 Å². The number of carboxylic acid groups (broad SMARTS) is 1. The highest BCUT2D eigenvalue weighted by molar-refractivity contribution is 5.97. The minimum absolute atomic E-state index is 0.323. The molecule has 1 aromatic carbocycles. The standard InChI is InChI=1S/C14H19NO4/c1-14(2,13(17)18)15(3)12(16)11-7-5-10(6-8-11)9-19-4/h5-8H,9H2,1-4H3,(H,17,18). The maximum atomic E-state index is 12.2. The van der Waals surface area contributed by atoms with E-state index >= 15 is 0 Å². The Hall–Kier alpha value is -1.88. The minimum Gasteiger partial charge on any atom is -0.480 e. The Bertz CT molecular complexity index is 465. The summed E-state index contributed by atoms with van der Waals surface area (Å²) < 4.78 is 4.99. The zero-order valence-electron chi connectivity index (χ0n) is 11.6. The third-order valence-corrected chi connectivity index (χ3v) is 3.18. The largest absolute Gasteiger partial charge is 0.480 e. The molecule has 0 saturated carbocycles. The number of aliphatic carboxylic acids is 1. The van der Waals surface area contributed by atoms with E-state index in [1.54, 1.807) is 31.4 Å². The summed E-state index contributed by atoms with van der Waals surface area (Å²) in [7, 11) is 3.09. The second-order valence-electron chi connectivity index (χ2n) is 4.86. The molecule has 0 saturated heterocycles. The van der Waals surface area contributed by atoms with Gasteiger partial charge in [-0.25, -0.2) is 4.79 Å². The maximum absolute atomic E-state index is 12.2. The average Bonchev–Trinajstić information content (AvgIpc) is 2.38. The molecule has 0 aromatic heterocycles. The lowest BCUT2D eigenvalue weighted by atomic mass is 10.0. The molecule has 0 aliphatic carbocycles. The molecular weight excluding hydrogens is 246 g/mol. The summed E-state index contributed by atoms with van der Waals surface area (Å²) in [6, 6.07) is 6.92. The number of hydrogen-bond acceptors (Lipinski definition) is 3. The van der Waals surface area contributed by atoms with E-state index in [2.05, 4.69) is 0 Å². The van der Waals surface area contributed by atoms with E-state index in [0.717, 1.165) is 5.56 Å². The molecule has 0 aliphatic rings. The topological polar surface area (TPSA) is 66.8 Å². The number of amides is 1. The van der Waals surface area contributed by atoms with Crippen LogP contribution in [-0.4, -0.2) is 41.6 Å². The van der Waals surface area contributed by atoms with Gasteiger partial charge in [-0.3, -0.25) is 4.79 Å². The monoisotopic (exact) mass is 265 g/mol. The molecule has 5 heteroatoms. The summed E-state index contributed by atoms with van der Waals surface area (Å²) in [6.45, 7) is 3.46. The highest BCUT2D eigenvalue weighted by Crippen LogP contribution is 2.17. The second-order valence-corrected chi connectivity index (χ2v) is 4.86. The Morgan fingerprint density at radius 2 is 1.79 bits per heavy atom. The van der Waals surface area contributed by atoms with Crippen LogP contribution in [0.25, 0.3) is 0 Å². The number of benzene rings is 1. The molecule has 0 fully saturated rings. The lowest BCUT2D eigenvalue weighted by Crippen LogP contribution is -2.50. The predicted molar refractivity (Wildman–Crippen MR) is 71.0 cm³/mol. The number of methoxy groups -OCH3 is 1. The van der Waals surface area contributed by atoms with Crippen molar-refractivity contribution in [3.8, 4) is 0 Å². The molecule has 0 heterocycles. The Balaban J connectivity index is 2.91. The van der Waals surface area contributed by atoms with E-state index in [9.17, 15) is 9.59 Å². The van der Waals surface area contributed by atoms with Crippen LogP contribution in [0.15, 0.2) is 24.3 Å². The summed E-state index contributed by atoms with van der Waals surface area (Å²) in [5.74, 6) is -1.37. The summed E-state index contributed by atoms with van der Waals surface area (Å²) in [5, 5.41) is 9.11. The van der Waals surface area contributed by atoms with Gasteiger partial charge in [0.2, 0.25) is 0 Å². The van der Waals surface area contributed by atoms with Crippen molar-refractivity contribution < 1.29 is 19.4 Å². The predicted octanol–water partition coefficient (Wildman–Crippen LogP) is 1.77. The van der Waals surface area contributed by atoms with Gasteiger partial charge in [0.1, 0.15) is 5.54 Å². The van der Waals surface area contributed by atoms with Gasteiger partial charge in [0.05, 0.1) is 6.61 Å². The van der Waals surface area contributed by atoms with Crippen molar-refractivity contribution >= 4 is 11.9 Å². The van der Waals surface area contributed by atoms with E-state index in [-0.39, 0.29) is 5.91 Å². The summed E-state index contributed by atoms with van der Waals surface area (Å²) in [4.78, 5) is 24.5. The van der Waals surface area contributed by atoms with Crippen LogP contribution in [0.5, 0.6) is 0 Å². The first-order valence-corrected chi connectivity index (χ1v) is 5.90. The van der Waals surface area contributed by atoms with Crippen LogP contribution < -0.4 is 0 Å². The highest BCUT2D eigenvalue weighted by atomic mass is 16.5. The number of carbonyl (C=O) groups excluding carboxylic acids is 1. The number of ether oxygens (including phenoxy) is 1. The van der Waals surface area contributed by atoms with Crippen molar-refractivity contribution in [2.24, 2.45) is 0 Å². The van der Waals surface area contributed by atoms with Crippen molar-refractivity contribution in [3.05, 3.63) is 35.4 Å². The zero-order valence-corrected chi connectivity index (χ0v) is 11.6. The normalized spacial score (nSPS) is 11.2. The lowest BCUT2D eigenvalue weighted by molar-refractivity contribution is -0.147. The number of rotatable bonds is 5. The van der Waals surface area contributed by atoms with Crippen LogP contribution in [0.3, 0.4) is 0 Å².